The van der Waals surface area contributed by atoms with E-state index in [9.17, 15) is 0 Å². The van der Waals surface area contributed by atoms with Crippen molar-refractivity contribution in [3.63, 3.8) is 0 Å². The summed E-state index contributed by atoms with van der Waals surface area (Å²) in [5, 5.41) is 2.56. The minimum Gasteiger partial charge on any atom is -0.377 e. The van der Waals surface area contributed by atoms with Crippen LogP contribution < -0.4 is 4.90 Å². The number of hydrogen-bond acceptors (Lipinski definition) is 6. The molecule has 4 rings (SSSR count). The summed E-state index contributed by atoms with van der Waals surface area (Å²) >= 11 is 7.98. The van der Waals surface area contributed by atoms with Gasteiger partial charge in [-0.15, -0.1) is 11.3 Å². The topological polar surface area (TPSA) is 41.5 Å². The van der Waals surface area contributed by atoms with E-state index in [0.29, 0.717) is 11.3 Å². The lowest BCUT2D eigenvalue weighted by atomic mass is 10.2. The van der Waals surface area contributed by atoms with Crippen molar-refractivity contribution < 1.29 is 4.74 Å². The molecule has 0 radical (unpaired) electrons. The van der Waals surface area contributed by atoms with Gasteiger partial charge in [-0.2, -0.15) is 4.98 Å². The molecule has 0 bridgehead atoms. The number of morpholine rings is 1. The van der Waals surface area contributed by atoms with Gasteiger partial charge >= 0.3 is 0 Å². The van der Waals surface area contributed by atoms with Crippen LogP contribution in [-0.2, 0) is 11.3 Å². The first-order valence-corrected chi connectivity index (χ1v) is 9.48. The zero-order valence-corrected chi connectivity index (χ0v) is 14.9. The maximum Gasteiger partial charge on any atom is 0.224 e. The second kappa shape index (κ2) is 6.51. The Labute approximate surface area is 145 Å². The minimum absolute atomic E-state index is 0.307. The van der Waals surface area contributed by atoms with Gasteiger partial charge in [0.15, 0.2) is 5.82 Å². The number of rotatable bonds is 3. The largest absolute Gasteiger partial charge is 0.377 e. The first kappa shape index (κ1) is 15.6. The van der Waals surface area contributed by atoms with Crippen LogP contribution in [0.15, 0.2) is 5.38 Å². The van der Waals surface area contributed by atoms with Crippen molar-refractivity contribution in [2.75, 3.05) is 37.7 Å². The molecule has 0 amide bonds. The molecule has 0 spiro atoms. The van der Waals surface area contributed by atoms with E-state index in [1.54, 1.807) is 11.3 Å². The van der Waals surface area contributed by atoms with Crippen LogP contribution in [0.25, 0.3) is 10.2 Å². The molecule has 0 aliphatic carbocycles. The Morgan fingerprint density at radius 1 is 1.30 bits per heavy atom. The minimum atomic E-state index is 0.307. The molecule has 124 valence electrons. The van der Waals surface area contributed by atoms with E-state index in [4.69, 9.17) is 16.3 Å². The lowest BCUT2D eigenvalue weighted by molar-refractivity contribution is 0.0987. The van der Waals surface area contributed by atoms with Gasteiger partial charge in [0.2, 0.25) is 5.28 Å². The molecule has 0 N–H and O–H groups in total. The summed E-state index contributed by atoms with van der Waals surface area (Å²) in [7, 11) is 0. The Bertz CT molecular complexity index is 701. The van der Waals surface area contributed by atoms with Crippen molar-refractivity contribution in [3.8, 4) is 0 Å². The van der Waals surface area contributed by atoms with Gasteiger partial charge in [-0.05, 0) is 49.8 Å². The van der Waals surface area contributed by atoms with E-state index in [1.807, 2.05) is 0 Å². The Balaban J connectivity index is 1.72. The highest BCUT2D eigenvalue weighted by molar-refractivity contribution is 7.18. The summed E-state index contributed by atoms with van der Waals surface area (Å²) in [5.74, 6) is 0.966. The van der Waals surface area contributed by atoms with Crippen LogP contribution in [0.3, 0.4) is 0 Å². The standard InChI is InChI=1S/C16H21ClN4OS/c1-11-9-22-7-6-21(11)15-14-13(18-16(17)19-15)12(10-23-14)8-20-4-2-3-5-20/h10-11H,2-9H2,1H3. The number of aromatic nitrogens is 2. The summed E-state index contributed by atoms with van der Waals surface area (Å²) in [4.78, 5) is 13.9. The van der Waals surface area contributed by atoms with Crippen LogP contribution in [0.2, 0.25) is 5.28 Å². The molecule has 2 aromatic rings. The molecular formula is C16H21ClN4OS. The molecule has 4 heterocycles. The monoisotopic (exact) mass is 352 g/mol. The third-order valence-electron chi connectivity index (χ3n) is 4.68. The Kier molecular flexibility index (Phi) is 4.41. The van der Waals surface area contributed by atoms with Crippen LogP contribution in [0, 0.1) is 0 Å². The van der Waals surface area contributed by atoms with Crippen LogP contribution >= 0.6 is 22.9 Å². The number of fused-ring (bicyclic) bond motifs is 1. The summed E-state index contributed by atoms with van der Waals surface area (Å²) < 4.78 is 6.70. The molecule has 0 saturated carbocycles. The molecule has 0 aromatic carbocycles. The van der Waals surface area contributed by atoms with Crippen LogP contribution in [0.1, 0.15) is 25.3 Å². The Morgan fingerprint density at radius 3 is 2.91 bits per heavy atom. The highest BCUT2D eigenvalue weighted by atomic mass is 35.5. The second-order valence-electron chi connectivity index (χ2n) is 6.36. The number of nitrogens with zero attached hydrogens (tertiary/aromatic N) is 4. The number of halogens is 1. The van der Waals surface area contributed by atoms with Crippen molar-refractivity contribution in [2.45, 2.75) is 32.4 Å². The summed E-state index contributed by atoms with van der Waals surface area (Å²) in [6.07, 6.45) is 2.60. The van der Waals surface area contributed by atoms with Gasteiger partial charge in [-0.1, -0.05) is 0 Å². The third-order valence-corrected chi connectivity index (χ3v) is 5.86. The zero-order valence-electron chi connectivity index (χ0n) is 13.3. The summed E-state index contributed by atoms with van der Waals surface area (Å²) in [6, 6.07) is 0.307. The first-order chi connectivity index (χ1) is 11.2. The molecule has 2 saturated heterocycles. The number of thiophene rings is 1. The third kappa shape index (κ3) is 3.05. The van der Waals surface area contributed by atoms with Gasteiger partial charge in [0.25, 0.3) is 0 Å². The smallest absolute Gasteiger partial charge is 0.224 e. The van der Waals surface area contributed by atoms with E-state index < -0.39 is 0 Å². The number of ether oxygens (including phenoxy) is 1. The average molecular weight is 353 g/mol. The van der Waals surface area contributed by atoms with E-state index in [2.05, 4.69) is 32.1 Å². The van der Waals surface area contributed by atoms with Crippen LogP contribution in [-0.4, -0.2) is 53.8 Å². The number of anilines is 1. The predicted molar refractivity (Wildman–Crippen MR) is 94.6 cm³/mol. The Hall–Kier alpha value is -0.950. The average Bonchev–Trinajstić information content (AvgIpc) is 3.18. The van der Waals surface area contributed by atoms with Crippen LogP contribution in [0.4, 0.5) is 5.82 Å². The molecule has 2 fully saturated rings. The molecule has 7 heteroatoms. The molecule has 23 heavy (non-hydrogen) atoms. The molecule has 2 aliphatic rings. The van der Waals surface area contributed by atoms with Gasteiger partial charge in [0.05, 0.1) is 29.5 Å². The van der Waals surface area contributed by atoms with E-state index in [0.717, 1.165) is 42.3 Å². The molecular weight excluding hydrogens is 332 g/mol. The Morgan fingerprint density at radius 2 is 2.13 bits per heavy atom. The van der Waals surface area contributed by atoms with E-state index in [-0.39, 0.29) is 0 Å². The van der Waals surface area contributed by atoms with Gasteiger partial charge in [0.1, 0.15) is 0 Å². The molecule has 1 atom stereocenters. The van der Waals surface area contributed by atoms with Gasteiger partial charge in [-0.3, -0.25) is 4.90 Å². The summed E-state index contributed by atoms with van der Waals surface area (Å²) in [6.45, 7) is 7.82. The second-order valence-corrected chi connectivity index (χ2v) is 7.57. The molecule has 1 unspecified atom stereocenters. The molecule has 2 aromatic heterocycles. The number of likely N-dealkylation sites (tertiary alicyclic amines) is 1. The van der Waals surface area contributed by atoms with Gasteiger partial charge in [0, 0.05) is 18.7 Å². The molecule has 2 aliphatic heterocycles. The number of hydrogen-bond donors (Lipinski definition) is 0. The maximum absolute atomic E-state index is 6.25. The van der Waals surface area contributed by atoms with Crippen molar-refractivity contribution in [1.82, 2.24) is 14.9 Å². The van der Waals surface area contributed by atoms with Crippen molar-refractivity contribution >= 4 is 39.0 Å². The highest BCUT2D eigenvalue weighted by Crippen LogP contribution is 2.35. The van der Waals surface area contributed by atoms with Gasteiger partial charge in [-0.25, -0.2) is 4.98 Å². The zero-order chi connectivity index (χ0) is 15.8. The SMILES string of the molecule is CC1COCCN1c1nc(Cl)nc2c(CN3CCCC3)csc12. The quantitative estimate of drug-likeness (QED) is 0.794. The fraction of sp³-hybridized carbons (Fsp3) is 0.625. The normalized spacial score (nSPS) is 23.0. The fourth-order valence-electron chi connectivity index (χ4n) is 3.45. The maximum atomic E-state index is 6.25. The molecule has 5 nitrogen and oxygen atoms in total. The van der Waals surface area contributed by atoms with Crippen molar-refractivity contribution in [1.29, 1.82) is 0 Å². The van der Waals surface area contributed by atoms with Crippen molar-refractivity contribution in [2.24, 2.45) is 0 Å². The predicted octanol–water partition coefficient (Wildman–Crippen LogP) is 3.17. The van der Waals surface area contributed by atoms with Crippen molar-refractivity contribution in [3.05, 3.63) is 16.2 Å². The lowest BCUT2D eigenvalue weighted by Gasteiger charge is -2.34. The van der Waals surface area contributed by atoms with Gasteiger partial charge < -0.3 is 9.64 Å². The van der Waals surface area contributed by atoms with Crippen LogP contribution in [0.5, 0.6) is 0 Å². The summed E-state index contributed by atoms with van der Waals surface area (Å²) in [5.41, 5.74) is 2.30. The fourth-order valence-corrected chi connectivity index (χ4v) is 4.62. The van der Waals surface area contributed by atoms with E-state index in [1.165, 1.54) is 31.5 Å². The first-order valence-electron chi connectivity index (χ1n) is 8.23. The van der Waals surface area contributed by atoms with E-state index >= 15 is 0 Å². The highest BCUT2D eigenvalue weighted by Gasteiger charge is 2.25. The lowest BCUT2D eigenvalue weighted by Crippen LogP contribution is -2.44.